The Morgan fingerprint density at radius 1 is 1.44 bits per heavy atom. The van der Waals surface area contributed by atoms with Crippen LogP contribution >= 0.6 is 11.3 Å². The van der Waals surface area contributed by atoms with Crippen molar-refractivity contribution < 1.29 is 5.21 Å². The summed E-state index contributed by atoms with van der Waals surface area (Å²) in [7, 11) is 0. The quantitative estimate of drug-likeness (QED) is 0.358. The minimum Gasteiger partial charge on any atom is -0.409 e. The maximum atomic E-state index is 8.45. The highest BCUT2D eigenvalue weighted by Crippen LogP contribution is 2.18. The molecule has 0 spiro atoms. The molecule has 0 radical (unpaired) electrons. The number of nitrogens with two attached hydrogens (primary N) is 1. The van der Waals surface area contributed by atoms with Gasteiger partial charge in [0.1, 0.15) is 5.84 Å². The van der Waals surface area contributed by atoms with E-state index in [2.05, 4.69) is 19.9 Å². The van der Waals surface area contributed by atoms with Crippen LogP contribution in [-0.2, 0) is 0 Å². The Kier molecular flexibility index (Phi) is 4.77. The first-order valence-corrected chi connectivity index (χ1v) is 7.01. The molecular formula is C11H19N5OS. The third-order valence-corrected chi connectivity index (χ3v) is 3.93. The number of aromatic nitrogens is 1. The summed E-state index contributed by atoms with van der Waals surface area (Å²) in [5.41, 5.74) is 5.44. The molecule has 100 valence electrons. The van der Waals surface area contributed by atoms with Gasteiger partial charge in [0.25, 0.3) is 0 Å². The van der Waals surface area contributed by atoms with E-state index in [1.54, 1.807) is 11.3 Å². The molecule has 3 N–H and O–H groups in total. The number of hydrogen-bond acceptors (Lipinski definition) is 6. The molecule has 0 amide bonds. The minimum absolute atomic E-state index is 0.316. The van der Waals surface area contributed by atoms with Crippen molar-refractivity contribution in [2.45, 2.75) is 12.8 Å². The fraction of sp³-hybridized carbons (Fsp3) is 0.636. The van der Waals surface area contributed by atoms with E-state index in [0.29, 0.717) is 12.3 Å². The monoisotopic (exact) mass is 269 g/mol. The van der Waals surface area contributed by atoms with Crippen LogP contribution in [0.3, 0.4) is 0 Å². The van der Waals surface area contributed by atoms with Crippen LogP contribution in [-0.4, -0.2) is 53.7 Å². The number of thiazole rings is 1. The van der Waals surface area contributed by atoms with Crippen molar-refractivity contribution >= 4 is 22.3 Å². The van der Waals surface area contributed by atoms with Gasteiger partial charge in [-0.15, -0.1) is 11.3 Å². The first-order chi connectivity index (χ1) is 8.79. The fourth-order valence-corrected chi connectivity index (χ4v) is 2.77. The number of piperazine rings is 1. The maximum Gasteiger partial charge on any atom is 0.185 e. The van der Waals surface area contributed by atoms with Crippen molar-refractivity contribution in [2.24, 2.45) is 10.9 Å². The van der Waals surface area contributed by atoms with Crippen LogP contribution in [0.15, 0.2) is 16.7 Å². The van der Waals surface area contributed by atoms with E-state index < -0.39 is 0 Å². The summed E-state index contributed by atoms with van der Waals surface area (Å²) in [6.07, 6.45) is 3.44. The lowest BCUT2D eigenvalue weighted by molar-refractivity contribution is 0.255. The number of hydrogen-bond donors (Lipinski definition) is 2. The zero-order chi connectivity index (χ0) is 12.8. The highest BCUT2D eigenvalue weighted by molar-refractivity contribution is 7.13. The van der Waals surface area contributed by atoms with Gasteiger partial charge in [0.05, 0.1) is 0 Å². The molecule has 18 heavy (non-hydrogen) atoms. The average Bonchev–Trinajstić information content (AvgIpc) is 2.93. The van der Waals surface area contributed by atoms with Crippen LogP contribution in [0.2, 0.25) is 0 Å². The lowest BCUT2D eigenvalue weighted by Crippen LogP contribution is -2.46. The first-order valence-electron chi connectivity index (χ1n) is 6.13. The van der Waals surface area contributed by atoms with E-state index in [-0.39, 0.29) is 0 Å². The average molecular weight is 269 g/mol. The third kappa shape index (κ3) is 3.58. The van der Waals surface area contributed by atoms with Gasteiger partial charge in [-0.1, -0.05) is 5.16 Å². The molecule has 0 unspecified atom stereocenters. The van der Waals surface area contributed by atoms with Crippen molar-refractivity contribution in [3.8, 4) is 0 Å². The Hall–Kier alpha value is -1.34. The normalized spacial score (nSPS) is 18.2. The molecule has 1 aromatic rings. The molecule has 1 saturated heterocycles. The van der Waals surface area contributed by atoms with Crippen molar-refractivity contribution in [1.82, 2.24) is 9.88 Å². The molecule has 0 aliphatic carbocycles. The second-order valence-corrected chi connectivity index (χ2v) is 5.21. The summed E-state index contributed by atoms with van der Waals surface area (Å²) in [6, 6.07) is 0. The molecule has 1 aromatic heterocycles. The van der Waals surface area contributed by atoms with E-state index in [9.17, 15) is 0 Å². The number of rotatable bonds is 5. The van der Waals surface area contributed by atoms with Gasteiger partial charge in [0.2, 0.25) is 0 Å². The van der Waals surface area contributed by atoms with Crippen LogP contribution in [0.1, 0.15) is 12.8 Å². The van der Waals surface area contributed by atoms with Gasteiger partial charge in [-0.25, -0.2) is 4.98 Å². The number of anilines is 1. The van der Waals surface area contributed by atoms with Crippen molar-refractivity contribution in [3.05, 3.63) is 11.6 Å². The minimum atomic E-state index is 0.316. The van der Waals surface area contributed by atoms with Gasteiger partial charge in [0, 0.05) is 44.2 Å². The van der Waals surface area contributed by atoms with Crippen LogP contribution in [0, 0.1) is 0 Å². The summed E-state index contributed by atoms with van der Waals surface area (Å²) >= 11 is 1.69. The first kappa shape index (κ1) is 13.1. The summed E-state index contributed by atoms with van der Waals surface area (Å²) in [4.78, 5) is 9.06. The van der Waals surface area contributed by atoms with E-state index >= 15 is 0 Å². The van der Waals surface area contributed by atoms with Gasteiger partial charge in [-0.3, -0.25) is 4.90 Å². The van der Waals surface area contributed by atoms with Gasteiger partial charge in [-0.05, 0) is 13.0 Å². The Bertz CT molecular complexity index is 373. The Balaban J connectivity index is 1.67. The molecule has 0 atom stereocenters. The number of amidine groups is 1. The Morgan fingerprint density at radius 2 is 2.22 bits per heavy atom. The third-order valence-electron chi connectivity index (χ3n) is 3.10. The van der Waals surface area contributed by atoms with Gasteiger partial charge in [-0.2, -0.15) is 0 Å². The lowest BCUT2D eigenvalue weighted by atomic mass is 10.2. The predicted octanol–water partition coefficient (Wildman–Crippen LogP) is 0.792. The molecule has 7 heteroatoms. The van der Waals surface area contributed by atoms with Crippen LogP contribution in [0.5, 0.6) is 0 Å². The zero-order valence-electron chi connectivity index (χ0n) is 10.3. The topological polar surface area (TPSA) is 78.0 Å². The van der Waals surface area contributed by atoms with Crippen molar-refractivity contribution in [3.63, 3.8) is 0 Å². The van der Waals surface area contributed by atoms with E-state index in [1.165, 1.54) is 0 Å². The predicted molar refractivity (Wildman–Crippen MR) is 73.4 cm³/mol. The highest BCUT2D eigenvalue weighted by Gasteiger charge is 2.17. The standard InChI is InChI=1S/C11H19N5OS/c12-10(14-17)2-1-4-15-5-7-16(8-6-15)11-13-3-9-18-11/h3,9,17H,1-2,4-8H2,(H2,12,14). The summed E-state index contributed by atoms with van der Waals surface area (Å²) in [5, 5.41) is 14.6. The maximum absolute atomic E-state index is 8.45. The molecular weight excluding hydrogens is 250 g/mol. The van der Waals surface area contributed by atoms with Crippen molar-refractivity contribution in [2.75, 3.05) is 37.6 Å². The highest BCUT2D eigenvalue weighted by atomic mass is 32.1. The molecule has 1 aliphatic rings. The van der Waals surface area contributed by atoms with Gasteiger partial charge in [0.15, 0.2) is 5.13 Å². The number of nitrogens with zero attached hydrogens (tertiary/aromatic N) is 4. The Labute approximate surface area is 111 Å². The van der Waals surface area contributed by atoms with Crippen LogP contribution in [0.25, 0.3) is 0 Å². The lowest BCUT2D eigenvalue weighted by Gasteiger charge is -2.34. The van der Waals surface area contributed by atoms with Gasteiger partial charge >= 0.3 is 0 Å². The number of oxime groups is 1. The molecule has 0 aromatic carbocycles. The summed E-state index contributed by atoms with van der Waals surface area (Å²) < 4.78 is 0. The molecule has 1 aliphatic heterocycles. The SMILES string of the molecule is N/C(CCCN1CCN(c2nccs2)CC1)=N\O. The van der Waals surface area contributed by atoms with E-state index in [0.717, 1.165) is 44.3 Å². The summed E-state index contributed by atoms with van der Waals surface area (Å²) in [6.45, 7) is 5.15. The molecule has 1 fully saturated rings. The zero-order valence-corrected chi connectivity index (χ0v) is 11.1. The largest absolute Gasteiger partial charge is 0.409 e. The smallest absolute Gasteiger partial charge is 0.185 e. The summed E-state index contributed by atoms with van der Waals surface area (Å²) in [5.74, 6) is 0.316. The second-order valence-electron chi connectivity index (χ2n) is 4.34. The van der Waals surface area contributed by atoms with E-state index in [1.807, 2.05) is 11.6 Å². The molecule has 0 bridgehead atoms. The second kappa shape index (κ2) is 6.55. The Morgan fingerprint density at radius 3 is 2.83 bits per heavy atom. The van der Waals surface area contributed by atoms with Crippen LogP contribution in [0.4, 0.5) is 5.13 Å². The molecule has 2 heterocycles. The molecule has 6 nitrogen and oxygen atoms in total. The fourth-order valence-electron chi connectivity index (χ4n) is 2.07. The molecule has 0 saturated carbocycles. The molecule has 2 rings (SSSR count). The van der Waals surface area contributed by atoms with Crippen molar-refractivity contribution in [1.29, 1.82) is 0 Å². The van der Waals surface area contributed by atoms with E-state index in [4.69, 9.17) is 10.9 Å². The van der Waals surface area contributed by atoms with Crippen LogP contribution < -0.4 is 10.6 Å². The van der Waals surface area contributed by atoms with Gasteiger partial charge < -0.3 is 15.8 Å².